The van der Waals surface area contributed by atoms with E-state index in [2.05, 4.69) is 24.1 Å². The molecule has 12 heavy (non-hydrogen) atoms. The van der Waals surface area contributed by atoms with Gasteiger partial charge in [-0.1, -0.05) is 0 Å². The SMILES string of the molecule is COc1ccc(NC(C)C)nc1. The van der Waals surface area contributed by atoms with Crippen molar-refractivity contribution in [3.05, 3.63) is 18.3 Å². The Balaban J connectivity index is 2.65. The van der Waals surface area contributed by atoms with Gasteiger partial charge in [0.2, 0.25) is 0 Å². The van der Waals surface area contributed by atoms with Crippen LogP contribution in [0.2, 0.25) is 0 Å². The number of hydrogen-bond acceptors (Lipinski definition) is 3. The normalized spacial score (nSPS) is 10.0. The van der Waals surface area contributed by atoms with Crippen LogP contribution in [-0.2, 0) is 0 Å². The highest BCUT2D eigenvalue weighted by Crippen LogP contribution is 2.11. The van der Waals surface area contributed by atoms with E-state index in [4.69, 9.17) is 4.74 Å². The van der Waals surface area contributed by atoms with E-state index in [0.717, 1.165) is 11.6 Å². The maximum atomic E-state index is 4.98. The first-order chi connectivity index (χ1) is 5.72. The fourth-order valence-corrected chi connectivity index (χ4v) is 0.882. The van der Waals surface area contributed by atoms with Gasteiger partial charge < -0.3 is 10.1 Å². The van der Waals surface area contributed by atoms with Crippen molar-refractivity contribution >= 4 is 5.82 Å². The molecule has 0 radical (unpaired) electrons. The molecule has 1 heterocycles. The summed E-state index contributed by atoms with van der Waals surface area (Å²) in [5, 5.41) is 3.19. The van der Waals surface area contributed by atoms with Crippen LogP contribution in [0.4, 0.5) is 5.82 Å². The Labute approximate surface area is 72.8 Å². The predicted molar refractivity (Wildman–Crippen MR) is 49.5 cm³/mol. The number of nitrogens with one attached hydrogen (secondary N) is 1. The molecule has 1 aromatic rings. The first kappa shape index (κ1) is 8.84. The first-order valence-corrected chi connectivity index (χ1v) is 3.99. The maximum absolute atomic E-state index is 4.98. The summed E-state index contributed by atoms with van der Waals surface area (Å²) in [5.74, 6) is 1.66. The largest absolute Gasteiger partial charge is 0.495 e. The van der Waals surface area contributed by atoms with Gasteiger partial charge in [0.05, 0.1) is 13.3 Å². The number of methoxy groups -OCH3 is 1. The van der Waals surface area contributed by atoms with Crippen molar-refractivity contribution in [3.63, 3.8) is 0 Å². The summed E-state index contributed by atoms with van der Waals surface area (Å²) in [5.41, 5.74) is 0. The molecule has 0 saturated heterocycles. The molecule has 0 unspecified atom stereocenters. The number of aromatic nitrogens is 1. The maximum Gasteiger partial charge on any atom is 0.137 e. The van der Waals surface area contributed by atoms with Crippen molar-refractivity contribution in [1.29, 1.82) is 0 Å². The topological polar surface area (TPSA) is 34.1 Å². The third-order valence-electron chi connectivity index (χ3n) is 1.41. The third-order valence-corrected chi connectivity index (χ3v) is 1.41. The van der Waals surface area contributed by atoms with Crippen LogP contribution < -0.4 is 10.1 Å². The Morgan fingerprint density at radius 3 is 2.58 bits per heavy atom. The molecule has 3 nitrogen and oxygen atoms in total. The van der Waals surface area contributed by atoms with Gasteiger partial charge in [0, 0.05) is 6.04 Å². The Hall–Kier alpha value is -1.25. The van der Waals surface area contributed by atoms with Gasteiger partial charge in [-0.05, 0) is 26.0 Å². The van der Waals surface area contributed by atoms with Crippen molar-refractivity contribution in [1.82, 2.24) is 4.98 Å². The summed E-state index contributed by atoms with van der Waals surface area (Å²) in [6.45, 7) is 4.15. The number of hydrogen-bond donors (Lipinski definition) is 1. The lowest BCUT2D eigenvalue weighted by molar-refractivity contribution is 0.413. The van der Waals surface area contributed by atoms with E-state index < -0.39 is 0 Å². The molecule has 0 bridgehead atoms. The van der Waals surface area contributed by atoms with Gasteiger partial charge >= 0.3 is 0 Å². The van der Waals surface area contributed by atoms with Crippen LogP contribution in [0.15, 0.2) is 18.3 Å². The zero-order chi connectivity index (χ0) is 8.97. The Morgan fingerprint density at radius 1 is 1.42 bits per heavy atom. The van der Waals surface area contributed by atoms with Gasteiger partial charge in [-0.2, -0.15) is 0 Å². The summed E-state index contributed by atoms with van der Waals surface area (Å²) < 4.78 is 4.98. The van der Waals surface area contributed by atoms with Crippen molar-refractivity contribution in [2.24, 2.45) is 0 Å². The second-order valence-corrected chi connectivity index (χ2v) is 2.88. The predicted octanol–water partition coefficient (Wildman–Crippen LogP) is 1.91. The highest BCUT2D eigenvalue weighted by molar-refractivity contribution is 5.37. The lowest BCUT2D eigenvalue weighted by atomic mass is 10.3. The fourth-order valence-electron chi connectivity index (χ4n) is 0.882. The summed E-state index contributed by atoms with van der Waals surface area (Å²) in [6, 6.07) is 4.20. The van der Waals surface area contributed by atoms with Crippen molar-refractivity contribution in [2.75, 3.05) is 12.4 Å². The summed E-state index contributed by atoms with van der Waals surface area (Å²) >= 11 is 0. The summed E-state index contributed by atoms with van der Waals surface area (Å²) in [4.78, 5) is 4.15. The van der Waals surface area contributed by atoms with E-state index in [1.54, 1.807) is 13.3 Å². The van der Waals surface area contributed by atoms with E-state index in [9.17, 15) is 0 Å². The highest BCUT2D eigenvalue weighted by Gasteiger charge is 1.96. The molecule has 0 amide bonds. The quantitative estimate of drug-likeness (QED) is 0.744. The Bertz CT molecular complexity index is 231. The van der Waals surface area contributed by atoms with Gasteiger partial charge in [0.1, 0.15) is 11.6 Å². The zero-order valence-corrected chi connectivity index (χ0v) is 7.66. The second kappa shape index (κ2) is 3.95. The van der Waals surface area contributed by atoms with Crippen molar-refractivity contribution in [2.45, 2.75) is 19.9 Å². The lowest BCUT2D eigenvalue weighted by Crippen LogP contribution is -2.10. The molecule has 1 aromatic heterocycles. The van der Waals surface area contributed by atoms with Crippen LogP contribution in [0.1, 0.15) is 13.8 Å². The second-order valence-electron chi connectivity index (χ2n) is 2.88. The highest BCUT2D eigenvalue weighted by atomic mass is 16.5. The molecular formula is C9H14N2O. The number of pyridine rings is 1. The van der Waals surface area contributed by atoms with Gasteiger partial charge in [0.15, 0.2) is 0 Å². The molecule has 3 heteroatoms. The van der Waals surface area contributed by atoms with Gasteiger partial charge in [0.25, 0.3) is 0 Å². The average molecular weight is 166 g/mol. The molecule has 0 fully saturated rings. The zero-order valence-electron chi connectivity index (χ0n) is 7.66. The minimum absolute atomic E-state index is 0.408. The van der Waals surface area contributed by atoms with E-state index in [1.165, 1.54) is 0 Å². The molecule has 0 spiro atoms. The van der Waals surface area contributed by atoms with Crippen LogP contribution in [0.25, 0.3) is 0 Å². The molecule has 0 aliphatic heterocycles. The van der Waals surface area contributed by atoms with E-state index in [1.807, 2.05) is 12.1 Å². The minimum Gasteiger partial charge on any atom is -0.495 e. The number of rotatable bonds is 3. The van der Waals surface area contributed by atoms with E-state index in [0.29, 0.717) is 6.04 Å². The third kappa shape index (κ3) is 2.42. The molecule has 66 valence electrons. The lowest BCUT2D eigenvalue weighted by Gasteiger charge is -2.08. The number of ether oxygens (including phenoxy) is 1. The number of anilines is 1. The van der Waals surface area contributed by atoms with Crippen molar-refractivity contribution in [3.8, 4) is 5.75 Å². The monoisotopic (exact) mass is 166 g/mol. The average Bonchev–Trinajstić information content (AvgIpc) is 2.05. The summed E-state index contributed by atoms with van der Waals surface area (Å²) in [6.07, 6.45) is 1.70. The van der Waals surface area contributed by atoms with Crippen LogP contribution in [0.3, 0.4) is 0 Å². The molecule has 1 rings (SSSR count). The molecule has 0 aliphatic rings. The molecule has 0 aromatic carbocycles. The van der Waals surface area contributed by atoms with Crippen LogP contribution in [0, 0.1) is 0 Å². The molecule has 0 aliphatic carbocycles. The van der Waals surface area contributed by atoms with Gasteiger partial charge in [-0.25, -0.2) is 4.98 Å². The molecule has 0 atom stereocenters. The van der Waals surface area contributed by atoms with Crippen LogP contribution in [0.5, 0.6) is 5.75 Å². The van der Waals surface area contributed by atoms with Crippen LogP contribution in [-0.4, -0.2) is 18.1 Å². The molecular weight excluding hydrogens is 152 g/mol. The Kier molecular flexibility index (Phi) is 2.91. The first-order valence-electron chi connectivity index (χ1n) is 3.99. The summed E-state index contributed by atoms with van der Waals surface area (Å²) in [7, 11) is 1.63. The Morgan fingerprint density at radius 2 is 2.17 bits per heavy atom. The van der Waals surface area contributed by atoms with Gasteiger partial charge in [-0.15, -0.1) is 0 Å². The smallest absolute Gasteiger partial charge is 0.137 e. The number of nitrogens with zero attached hydrogens (tertiary/aromatic N) is 1. The van der Waals surface area contributed by atoms with E-state index >= 15 is 0 Å². The fraction of sp³-hybridized carbons (Fsp3) is 0.444. The standard InChI is InChI=1S/C9H14N2O/c1-7(2)11-9-5-4-8(12-3)6-10-9/h4-7H,1-3H3,(H,10,11). The van der Waals surface area contributed by atoms with E-state index in [-0.39, 0.29) is 0 Å². The van der Waals surface area contributed by atoms with Gasteiger partial charge in [-0.3, -0.25) is 0 Å². The van der Waals surface area contributed by atoms with Crippen LogP contribution >= 0.6 is 0 Å². The molecule has 0 saturated carbocycles. The minimum atomic E-state index is 0.408. The van der Waals surface area contributed by atoms with Crippen molar-refractivity contribution < 1.29 is 4.74 Å². The molecule has 1 N–H and O–H groups in total.